The van der Waals surface area contributed by atoms with Gasteiger partial charge in [0.2, 0.25) is 0 Å². The Morgan fingerprint density at radius 1 is 0.558 bits per heavy atom. The van der Waals surface area contributed by atoms with Crippen molar-refractivity contribution in [3.8, 4) is 0 Å². The first-order valence-electron chi connectivity index (χ1n) is 13.3. The summed E-state index contributed by atoms with van der Waals surface area (Å²) in [6.45, 7) is 2.06. The van der Waals surface area contributed by atoms with Crippen molar-refractivity contribution in [2.24, 2.45) is 10.8 Å². The van der Waals surface area contributed by atoms with Crippen molar-refractivity contribution >= 4 is 23.9 Å². The van der Waals surface area contributed by atoms with E-state index in [4.69, 9.17) is 63.7 Å². The molecule has 17 nitrogen and oxygen atoms in total. The standard InChI is InChI=1S/C26H44O17/c1-3-8-41-43-42-20-26(16-38-11-6-23(31)32,17-39-12-7-24(33)34)19-40-18-25(13-35-2,14-36-9-4-21(27)28)15-37-10-5-22(29)30/h3H,1,4-20H2,2H3,(H,27,28)(H,29,30)(H,31,32)(H,33,34). The zero-order valence-corrected chi connectivity index (χ0v) is 24.4. The van der Waals surface area contributed by atoms with Gasteiger partial charge in [0.15, 0.2) is 0 Å². The summed E-state index contributed by atoms with van der Waals surface area (Å²) in [6, 6.07) is 0. The monoisotopic (exact) mass is 628 g/mol. The van der Waals surface area contributed by atoms with Gasteiger partial charge < -0.3 is 48.8 Å². The molecule has 0 fully saturated rings. The van der Waals surface area contributed by atoms with E-state index in [0.29, 0.717) is 0 Å². The molecule has 0 amide bonds. The Labute approximate surface area is 249 Å². The molecule has 0 bridgehead atoms. The molecule has 0 aliphatic heterocycles. The van der Waals surface area contributed by atoms with Crippen molar-refractivity contribution in [2.75, 3.05) is 93.0 Å². The van der Waals surface area contributed by atoms with E-state index in [0.717, 1.165) is 0 Å². The summed E-state index contributed by atoms with van der Waals surface area (Å²) in [5.74, 6) is -4.26. The first-order valence-corrected chi connectivity index (χ1v) is 13.3. The minimum atomic E-state index is -1.16. The highest BCUT2D eigenvalue weighted by Crippen LogP contribution is 2.25. The molecule has 0 saturated heterocycles. The third-order valence-corrected chi connectivity index (χ3v) is 5.39. The predicted octanol–water partition coefficient (Wildman–Crippen LogP) is 0.653. The summed E-state index contributed by atoms with van der Waals surface area (Å²) < 4.78 is 33.7. The molecule has 0 spiro atoms. The highest BCUT2D eigenvalue weighted by molar-refractivity contribution is 5.67. The molecule has 0 unspecified atom stereocenters. The molecule has 4 N–H and O–H groups in total. The van der Waals surface area contributed by atoms with Crippen LogP contribution in [0.3, 0.4) is 0 Å². The molecule has 0 atom stereocenters. The average Bonchev–Trinajstić information content (AvgIpc) is 2.93. The Morgan fingerprint density at radius 2 is 0.907 bits per heavy atom. The third kappa shape index (κ3) is 22.5. The summed E-state index contributed by atoms with van der Waals surface area (Å²) in [5.41, 5.74) is -2.17. The molecule has 0 aromatic heterocycles. The van der Waals surface area contributed by atoms with Crippen LogP contribution in [0.1, 0.15) is 25.7 Å². The van der Waals surface area contributed by atoms with E-state index in [1.54, 1.807) is 0 Å². The van der Waals surface area contributed by atoms with Gasteiger partial charge in [-0.1, -0.05) is 11.1 Å². The maximum Gasteiger partial charge on any atom is 0.305 e. The van der Waals surface area contributed by atoms with Gasteiger partial charge in [-0.25, -0.2) is 9.78 Å². The number of rotatable bonds is 32. The number of carbonyl (C=O) groups is 4. The molecule has 0 aliphatic carbocycles. The Balaban J connectivity index is 5.79. The minimum Gasteiger partial charge on any atom is -0.481 e. The molecule has 0 aromatic carbocycles. The van der Waals surface area contributed by atoms with Crippen LogP contribution in [0.15, 0.2) is 12.7 Å². The van der Waals surface area contributed by atoms with Gasteiger partial charge in [0.05, 0.1) is 116 Å². The fourth-order valence-corrected chi connectivity index (χ4v) is 3.34. The molecule has 0 heterocycles. The smallest absolute Gasteiger partial charge is 0.305 e. The summed E-state index contributed by atoms with van der Waals surface area (Å²) >= 11 is 0. The van der Waals surface area contributed by atoms with Crippen LogP contribution in [-0.2, 0) is 62.4 Å². The van der Waals surface area contributed by atoms with Gasteiger partial charge in [0.25, 0.3) is 0 Å². The van der Waals surface area contributed by atoms with Gasteiger partial charge in [0.1, 0.15) is 6.61 Å². The second-order valence-corrected chi connectivity index (χ2v) is 9.61. The van der Waals surface area contributed by atoms with Crippen LogP contribution in [-0.4, -0.2) is 137 Å². The molecule has 17 heteroatoms. The van der Waals surface area contributed by atoms with Gasteiger partial charge in [-0.3, -0.25) is 19.2 Å². The van der Waals surface area contributed by atoms with Crippen molar-refractivity contribution in [3.05, 3.63) is 12.7 Å². The largest absolute Gasteiger partial charge is 0.481 e. The summed E-state index contributed by atoms with van der Waals surface area (Å²) in [6.07, 6.45) is 0.346. The zero-order valence-electron chi connectivity index (χ0n) is 24.4. The van der Waals surface area contributed by atoms with E-state index >= 15 is 0 Å². The maximum absolute atomic E-state index is 11.0. The van der Waals surface area contributed by atoms with Crippen molar-refractivity contribution in [1.82, 2.24) is 0 Å². The SMILES string of the molecule is C=CCOOOCC(COCCC(=O)O)(COCCC(=O)O)COCC(COC)(COCCC(=O)O)COCCC(=O)O. The lowest BCUT2D eigenvalue weighted by atomic mass is 9.90. The average molecular weight is 629 g/mol. The van der Waals surface area contributed by atoms with Crippen LogP contribution in [0.2, 0.25) is 0 Å². The highest BCUT2D eigenvalue weighted by Gasteiger charge is 2.37. The van der Waals surface area contributed by atoms with Gasteiger partial charge in [-0.15, -0.1) is 6.58 Å². The minimum absolute atomic E-state index is 0.0109. The Kier molecular flexibility index (Phi) is 23.1. The topological polar surface area (TPSA) is 232 Å². The van der Waals surface area contributed by atoms with E-state index in [2.05, 4.69) is 6.58 Å². The fourth-order valence-electron chi connectivity index (χ4n) is 3.34. The van der Waals surface area contributed by atoms with Gasteiger partial charge in [0, 0.05) is 7.11 Å². The quantitative estimate of drug-likeness (QED) is 0.0346. The van der Waals surface area contributed by atoms with Crippen molar-refractivity contribution in [2.45, 2.75) is 25.7 Å². The van der Waals surface area contributed by atoms with Gasteiger partial charge in [-0.2, -0.15) is 0 Å². The normalized spacial score (nSPS) is 11.8. The second kappa shape index (κ2) is 24.7. The Morgan fingerprint density at radius 3 is 1.23 bits per heavy atom. The number of hydrogen-bond donors (Lipinski definition) is 4. The van der Waals surface area contributed by atoms with E-state index < -0.39 is 34.7 Å². The zero-order chi connectivity index (χ0) is 32.4. The Bertz CT molecular complexity index is 759. The number of hydrogen-bond acceptors (Lipinski definition) is 13. The molecular weight excluding hydrogens is 584 g/mol. The van der Waals surface area contributed by atoms with E-state index in [9.17, 15) is 19.2 Å². The molecular formula is C26H44O17. The summed E-state index contributed by atoms with van der Waals surface area (Å²) in [7, 11) is 1.43. The number of aliphatic carboxylic acids is 4. The summed E-state index contributed by atoms with van der Waals surface area (Å²) in [4.78, 5) is 53.7. The van der Waals surface area contributed by atoms with E-state index in [-0.39, 0.29) is 112 Å². The van der Waals surface area contributed by atoms with Crippen molar-refractivity contribution < 1.29 is 82.8 Å². The Hall–Kier alpha value is -2.74. The molecule has 0 rings (SSSR count). The first kappa shape index (κ1) is 40.3. The van der Waals surface area contributed by atoms with Gasteiger partial charge in [-0.05, 0) is 0 Å². The molecule has 0 radical (unpaired) electrons. The van der Waals surface area contributed by atoms with Crippen molar-refractivity contribution in [3.63, 3.8) is 0 Å². The fraction of sp³-hybridized carbons (Fsp3) is 0.769. The summed E-state index contributed by atoms with van der Waals surface area (Å²) in [5, 5.41) is 40.5. The number of methoxy groups -OCH3 is 1. The molecule has 0 saturated carbocycles. The van der Waals surface area contributed by atoms with E-state index in [1.807, 2.05) is 0 Å². The predicted molar refractivity (Wildman–Crippen MR) is 143 cm³/mol. The third-order valence-electron chi connectivity index (χ3n) is 5.39. The lowest BCUT2D eigenvalue weighted by molar-refractivity contribution is -0.515. The van der Waals surface area contributed by atoms with Crippen LogP contribution in [0.4, 0.5) is 0 Å². The van der Waals surface area contributed by atoms with Gasteiger partial charge >= 0.3 is 23.9 Å². The molecule has 250 valence electrons. The second-order valence-electron chi connectivity index (χ2n) is 9.61. The lowest BCUT2D eigenvalue weighted by Crippen LogP contribution is -2.46. The number of carboxylic acids is 4. The van der Waals surface area contributed by atoms with Crippen LogP contribution in [0.5, 0.6) is 0 Å². The van der Waals surface area contributed by atoms with Crippen LogP contribution < -0.4 is 0 Å². The molecule has 0 aliphatic rings. The van der Waals surface area contributed by atoms with E-state index in [1.165, 1.54) is 13.2 Å². The van der Waals surface area contributed by atoms with Crippen LogP contribution >= 0.6 is 0 Å². The molecule has 43 heavy (non-hydrogen) atoms. The maximum atomic E-state index is 11.0. The van der Waals surface area contributed by atoms with Crippen LogP contribution in [0.25, 0.3) is 0 Å². The number of carboxylic acid groups (broad SMARTS) is 4. The lowest BCUT2D eigenvalue weighted by Gasteiger charge is -2.36. The number of ether oxygens (including phenoxy) is 6. The van der Waals surface area contributed by atoms with Crippen LogP contribution in [0, 0.1) is 10.8 Å². The first-order chi connectivity index (χ1) is 20.5. The molecule has 0 aromatic rings. The van der Waals surface area contributed by atoms with Crippen molar-refractivity contribution in [1.29, 1.82) is 0 Å². The highest BCUT2D eigenvalue weighted by atomic mass is 17.5.